The Morgan fingerprint density at radius 2 is 0.596 bits per heavy atom. The van der Waals surface area contributed by atoms with Crippen LogP contribution in [0.25, 0.3) is 22.3 Å². The third kappa shape index (κ3) is 5.53. The van der Waals surface area contributed by atoms with Crippen molar-refractivity contribution in [3.05, 3.63) is 125 Å². The van der Waals surface area contributed by atoms with Gasteiger partial charge in [0, 0.05) is 33.9 Å². The molecule has 3 spiro atoms. The highest BCUT2D eigenvalue weighted by Crippen LogP contribution is 2.56. The maximum Gasteiger partial charge on any atom is 0.531 e. The average Bonchev–Trinajstić information content (AvgIpc) is 3.48. The van der Waals surface area contributed by atoms with Gasteiger partial charge >= 0.3 is 6.96 Å². The normalized spacial score (nSPS) is 19.6. The Balaban J connectivity index is 0.00000420. The predicted octanol–water partition coefficient (Wildman–Crippen LogP) is 11.1. The van der Waals surface area contributed by atoms with Crippen LogP contribution in [-0.4, -0.2) is 33.4 Å². The molecule has 0 atom stereocenters. The summed E-state index contributed by atoms with van der Waals surface area (Å²) in [4.78, 5) is 0. The molecule has 8 rings (SSSR count). The van der Waals surface area contributed by atoms with Gasteiger partial charge in [0.2, 0.25) is 0 Å². The molecule has 0 amide bonds. The fourth-order valence-electron chi connectivity index (χ4n) is 8.87. The lowest BCUT2D eigenvalue weighted by molar-refractivity contribution is -0.117. The topological polar surface area (TPSA) is 36.9 Å². The summed E-state index contributed by atoms with van der Waals surface area (Å²) in [6.45, 7) is 26.7. The van der Waals surface area contributed by atoms with Gasteiger partial charge < -0.3 is 18.6 Å². The van der Waals surface area contributed by atoms with E-state index >= 15 is 0 Å². The van der Waals surface area contributed by atoms with Gasteiger partial charge in [0.05, 0.1) is 10.8 Å². The molecule has 2 aliphatic carbocycles. The van der Waals surface area contributed by atoms with Crippen molar-refractivity contribution in [3.8, 4) is 22.3 Å². The molecule has 0 unspecified atom stereocenters. The van der Waals surface area contributed by atoms with Crippen LogP contribution in [0.3, 0.4) is 0 Å². The predicted molar refractivity (Wildman–Crippen MR) is 216 cm³/mol. The molecule has 0 radical (unpaired) electrons. The van der Waals surface area contributed by atoms with Crippen LogP contribution in [0.2, 0.25) is 0 Å². The van der Waals surface area contributed by atoms with E-state index in [2.05, 4.69) is 156 Å². The molecule has 5 heteroatoms. The van der Waals surface area contributed by atoms with E-state index in [4.69, 9.17) is 18.6 Å². The Morgan fingerprint density at radius 1 is 0.385 bits per heavy atom. The molecule has 4 aromatic carbocycles. The van der Waals surface area contributed by atoms with E-state index in [0.29, 0.717) is 26.4 Å². The molecule has 0 aromatic heterocycles. The molecule has 4 nitrogen and oxygen atoms in total. The second-order valence-corrected chi connectivity index (χ2v) is 20.0. The Labute approximate surface area is 313 Å². The standard InChI is InChI=1S/C46H56BO4.CH3/c1-41(2,3)29-13-17-37-33(21-29)34-22-30(42(4,5)6)14-18-38(34)45(37)25-48-47(49-26-45)50-27-46(28-51-47)39-19-15-31(43(7,8)9)23-35(39)36-24-32(44(10,11)12)16-20-40(36)46;/h13-24H,25-28H2,1-12H3;1H3/q-1;+1. The molecule has 2 heterocycles. The van der Waals surface area contributed by atoms with Crippen LogP contribution >= 0.6 is 0 Å². The lowest BCUT2D eigenvalue weighted by Crippen LogP contribution is -2.64. The highest BCUT2D eigenvalue weighted by molar-refractivity contribution is 6.54. The maximum absolute atomic E-state index is 6.76. The van der Waals surface area contributed by atoms with Crippen molar-refractivity contribution in [2.75, 3.05) is 26.4 Å². The molecule has 4 aliphatic rings. The van der Waals surface area contributed by atoms with Crippen molar-refractivity contribution in [1.29, 1.82) is 0 Å². The monoisotopic (exact) mass is 698 g/mol. The first-order chi connectivity index (χ1) is 23.7. The number of benzene rings is 4. The summed E-state index contributed by atoms with van der Waals surface area (Å²) >= 11 is 0. The Hall–Kier alpha value is -3.35. The minimum absolute atomic E-state index is 0. The van der Waals surface area contributed by atoms with Crippen molar-refractivity contribution in [2.24, 2.45) is 0 Å². The van der Waals surface area contributed by atoms with Crippen molar-refractivity contribution in [2.45, 2.75) is 116 Å². The summed E-state index contributed by atoms with van der Waals surface area (Å²) in [5, 5.41) is 0. The number of hydrogen-bond donors (Lipinski definition) is 0. The van der Waals surface area contributed by atoms with Crippen LogP contribution < -0.4 is 0 Å². The summed E-state index contributed by atoms with van der Waals surface area (Å²) in [5.41, 5.74) is 14.8. The van der Waals surface area contributed by atoms with E-state index in [1.807, 2.05) is 0 Å². The molecule has 2 saturated heterocycles. The zero-order valence-corrected chi connectivity index (χ0v) is 34.0. The van der Waals surface area contributed by atoms with Gasteiger partial charge in [-0.2, -0.15) is 0 Å². The van der Waals surface area contributed by atoms with Crippen molar-refractivity contribution >= 4 is 6.96 Å². The van der Waals surface area contributed by atoms with E-state index < -0.39 is 17.8 Å². The molecule has 0 bridgehead atoms. The highest BCUT2D eigenvalue weighted by Gasteiger charge is 2.55. The van der Waals surface area contributed by atoms with Gasteiger partial charge in [0.25, 0.3) is 0 Å². The highest BCUT2D eigenvalue weighted by atomic mass is 16.9. The van der Waals surface area contributed by atoms with Gasteiger partial charge in [-0.05, 0) is 88.4 Å². The van der Waals surface area contributed by atoms with Crippen LogP contribution in [-0.2, 0) is 51.1 Å². The first kappa shape index (κ1) is 37.0. The zero-order chi connectivity index (χ0) is 36.6. The summed E-state index contributed by atoms with van der Waals surface area (Å²) in [7, 11) is 0. The number of rotatable bonds is 0. The molecule has 0 saturated carbocycles. The molecule has 2 aliphatic heterocycles. The molecule has 274 valence electrons. The lowest BCUT2D eigenvalue weighted by atomic mass is 9.74. The molecule has 52 heavy (non-hydrogen) atoms. The van der Waals surface area contributed by atoms with Gasteiger partial charge in [-0.1, -0.05) is 156 Å². The van der Waals surface area contributed by atoms with Gasteiger partial charge in [0.15, 0.2) is 0 Å². The van der Waals surface area contributed by atoms with E-state index in [-0.39, 0.29) is 29.1 Å². The molecular formula is C47H59BO4. The quantitative estimate of drug-likeness (QED) is 0.135. The number of fused-ring (bicyclic) bond motifs is 10. The smallest absolute Gasteiger partial charge is 0.517 e. The minimum Gasteiger partial charge on any atom is -0.517 e. The van der Waals surface area contributed by atoms with Gasteiger partial charge in [0.1, 0.15) is 0 Å². The average molecular weight is 699 g/mol. The largest absolute Gasteiger partial charge is 0.531 e. The minimum atomic E-state index is -2.38. The van der Waals surface area contributed by atoms with Crippen LogP contribution in [0.4, 0.5) is 0 Å². The SMILES string of the molecule is CC(C)(C)c1ccc2c(c1)-c1cc(C(C)(C)C)ccc1C21CO[B-]2(OC1)OCC1(CO2)c2ccc(C(C)(C)C)cc2-c2cc(C(C)(C)C)ccc21.[CH3+]. The van der Waals surface area contributed by atoms with Crippen LogP contribution in [0.1, 0.15) is 128 Å². The first-order valence-corrected chi connectivity index (χ1v) is 19.0. The van der Waals surface area contributed by atoms with Crippen molar-refractivity contribution < 1.29 is 18.6 Å². The Morgan fingerprint density at radius 3 is 0.788 bits per heavy atom. The van der Waals surface area contributed by atoms with Crippen LogP contribution in [0.15, 0.2) is 72.8 Å². The summed E-state index contributed by atoms with van der Waals surface area (Å²) in [5.74, 6) is 0. The molecule has 4 aromatic rings. The van der Waals surface area contributed by atoms with Crippen molar-refractivity contribution in [3.63, 3.8) is 0 Å². The van der Waals surface area contributed by atoms with Gasteiger partial charge in [-0.15, -0.1) is 0 Å². The Kier molecular flexibility index (Phi) is 8.24. The summed E-state index contributed by atoms with van der Waals surface area (Å²) in [6, 6.07) is 28.0. The van der Waals surface area contributed by atoms with Crippen LogP contribution in [0, 0.1) is 7.43 Å². The fourth-order valence-corrected chi connectivity index (χ4v) is 8.87. The fraction of sp³-hybridized carbons (Fsp3) is 0.468. The lowest BCUT2D eigenvalue weighted by Gasteiger charge is -2.56. The third-order valence-corrected chi connectivity index (χ3v) is 12.3. The maximum atomic E-state index is 6.76. The molecule has 2 fully saturated rings. The molecular weight excluding hydrogens is 639 g/mol. The van der Waals surface area contributed by atoms with Crippen molar-refractivity contribution in [1.82, 2.24) is 0 Å². The second kappa shape index (κ2) is 11.6. The first-order valence-electron chi connectivity index (χ1n) is 19.0. The van der Waals surface area contributed by atoms with E-state index in [1.165, 1.54) is 66.8 Å². The van der Waals surface area contributed by atoms with Gasteiger partial charge in [-0.25, -0.2) is 0 Å². The second-order valence-electron chi connectivity index (χ2n) is 20.0. The van der Waals surface area contributed by atoms with Gasteiger partial charge in [-0.3, -0.25) is 0 Å². The summed E-state index contributed by atoms with van der Waals surface area (Å²) in [6.07, 6.45) is 0. The zero-order valence-electron chi connectivity index (χ0n) is 34.0. The molecule has 0 N–H and O–H groups in total. The Bertz CT molecular complexity index is 1760. The van der Waals surface area contributed by atoms with E-state index in [9.17, 15) is 0 Å². The third-order valence-electron chi connectivity index (χ3n) is 12.3. The van der Waals surface area contributed by atoms with Crippen LogP contribution in [0.5, 0.6) is 0 Å². The van der Waals surface area contributed by atoms with E-state index in [1.54, 1.807) is 0 Å². The summed E-state index contributed by atoms with van der Waals surface area (Å²) < 4.78 is 27.0. The number of hydrogen-bond acceptors (Lipinski definition) is 4. The van der Waals surface area contributed by atoms with E-state index in [0.717, 1.165) is 0 Å².